The molecule has 0 spiro atoms. The first-order valence-corrected chi connectivity index (χ1v) is 7.46. The van der Waals surface area contributed by atoms with E-state index >= 15 is 0 Å². The van der Waals surface area contributed by atoms with Crippen molar-refractivity contribution in [3.8, 4) is 17.2 Å². The first kappa shape index (κ1) is 15.8. The van der Waals surface area contributed by atoms with Gasteiger partial charge >= 0.3 is 0 Å². The van der Waals surface area contributed by atoms with Crippen molar-refractivity contribution in [2.75, 3.05) is 0 Å². The van der Waals surface area contributed by atoms with Crippen molar-refractivity contribution in [2.45, 2.75) is 40.2 Å². The van der Waals surface area contributed by atoms with Gasteiger partial charge in [0.05, 0.1) is 17.2 Å². The van der Waals surface area contributed by atoms with E-state index in [1.165, 1.54) is 0 Å². The standard InChI is InChI=1S/C18H21N3O/c1-5-15-17(14-8-6-13(10-19)7-9-14)16(18(20)22)12(4)21(15)11(2)3/h6-9,11H,5H2,1-4H3,(H2,20,22). The number of hydrogen-bond donors (Lipinski definition) is 1. The highest BCUT2D eigenvalue weighted by Gasteiger charge is 2.24. The Morgan fingerprint density at radius 2 is 1.91 bits per heavy atom. The van der Waals surface area contributed by atoms with Crippen LogP contribution < -0.4 is 5.73 Å². The number of hydrogen-bond acceptors (Lipinski definition) is 2. The Kier molecular flexibility index (Phi) is 4.37. The molecule has 0 aliphatic heterocycles. The zero-order valence-electron chi connectivity index (χ0n) is 13.5. The lowest BCUT2D eigenvalue weighted by Crippen LogP contribution is -2.14. The quantitative estimate of drug-likeness (QED) is 0.936. The van der Waals surface area contributed by atoms with Crippen molar-refractivity contribution in [1.82, 2.24) is 4.57 Å². The molecule has 2 N–H and O–H groups in total. The Hall–Kier alpha value is -2.54. The molecule has 1 amide bonds. The van der Waals surface area contributed by atoms with Crippen LogP contribution in [-0.2, 0) is 6.42 Å². The maximum atomic E-state index is 12.0. The van der Waals surface area contributed by atoms with Gasteiger partial charge in [0.15, 0.2) is 0 Å². The van der Waals surface area contributed by atoms with Gasteiger partial charge < -0.3 is 10.3 Å². The average molecular weight is 295 g/mol. The SMILES string of the molecule is CCc1c(-c2ccc(C#N)cc2)c(C(N)=O)c(C)n1C(C)C. The van der Waals surface area contributed by atoms with Crippen LogP contribution in [0, 0.1) is 18.3 Å². The van der Waals surface area contributed by atoms with Crippen molar-refractivity contribution in [2.24, 2.45) is 5.73 Å². The molecule has 0 unspecified atom stereocenters. The zero-order valence-corrected chi connectivity index (χ0v) is 13.5. The molecule has 0 bridgehead atoms. The number of nitrogens with two attached hydrogens (primary N) is 1. The van der Waals surface area contributed by atoms with E-state index in [2.05, 4.69) is 31.4 Å². The predicted molar refractivity (Wildman–Crippen MR) is 87.6 cm³/mol. The van der Waals surface area contributed by atoms with Crippen LogP contribution >= 0.6 is 0 Å². The van der Waals surface area contributed by atoms with Gasteiger partial charge in [0.2, 0.25) is 0 Å². The molecule has 2 aromatic rings. The monoisotopic (exact) mass is 295 g/mol. The number of benzene rings is 1. The first-order valence-electron chi connectivity index (χ1n) is 7.46. The van der Waals surface area contributed by atoms with Gasteiger partial charge in [-0.15, -0.1) is 0 Å². The Morgan fingerprint density at radius 1 is 1.32 bits per heavy atom. The fourth-order valence-electron chi connectivity index (χ4n) is 3.14. The summed E-state index contributed by atoms with van der Waals surface area (Å²) in [5, 5.41) is 8.94. The molecular formula is C18H21N3O. The van der Waals surface area contributed by atoms with Crippen molar-refractivity contribution in [1.29, 1.82) is 5.26 Å². The molecule has 0 radical (unpaired) electrons. The van der Waals surface area contributed by atoms with E-state index < -0.39 is 5.91 Å². The minimum atomic E-state index is -0.411. The lowest BCUT2D eigenvalue weighted by Gasteiger charge is -2.15. The van der Waals surface area contributed by atoms with Gasteiger partial charge in [-0.25, -0.2) is 0 Å². The van der Waals surface area contributed by atoms with E-state index in [0.717, 1.165) is 28.9 Å². The maximum Gasteiger partial charge on any atom is 0.251 e. The van der Waals surface area contributed by atoms with Gasteiger partial charge in [0.1, 0.15) is 0 Å². The minimum Gasteiger partial charge on any atom is -0.366 e. The molecule has 0 atom stereocenters. The molecule has 0 fully saturated rings. The smallest absolute Gasteiger partial charge is 0.251 e. The van der Waals surface area contributed by atoms with Gasteiger partial charge in [0.25, 0.3) is 5.91 Å². The number of amides is 1. The van der Waals surface area contributed by atoms with E-state index in [0.29, 0.717) is 11.1 Å². The molecule has 0 saturated carbocycles. The Labute approximate surface area is 131 Å². The van der Waals surface area contributed by atoms with Crippen molar-refractivity contribution < 1.29 is 4.79 Å². The van der Waals surface area contributed by atoms with Crippen molar-refractivity contribution in [3.63, 3.8) is 0 Å². The summed E-state index contributed by atoms with van der Waals surface area (Å²) >= 11 is 0. The molecule has 2 rings (SSSR count). The second-order valence-electron chi connectivity index (χ2n) is 5.65. The van der Waals surface area contributed by atoms with E-state index in [1.54, 1.807) is 12.1 Å². The number of carbonyl (C=O) groups is 1. The third-order valence-electron chi connectivity index (χ3n) is 3.95. The Morgan fingerprint density at radius 3 is 2.32 bits per heavy atom. The minimum absolute atomic E-state index is 0.250. The van der Waals surface area contributed by atoms with Gasteiger partial charge in [-0.05, 0) is 44.9 Å². The lowest BCUT2D eigenvalue weighted by atomic mass is 9.98. The number of rotatable bonds is 4. The summed E-state index contributed by atoms with van der Waals surface area (Å²) in [6, 6.07) is 9.65. The van der Waals surface area contributed by atoms with Gasteiger partial charge in [0, 0.05) is 23.0 Å². The molecule has 0 aliphatic rings. The fraction of sp³-hybridized carbons (Fsp3) is 0.333. The van der Waals surface area contributed by atoms with Crippen molar-refractivity contribution >= 4 is 5.91 Å². The summed E-state index contributed by atoms with van der Waals surface area (Å²) in [5.41, 5.74) is 10.6. The van der Waals surface area contributed by atoms with Crippen LogP contribution in [-0.4, -0.2) is 10.5 Å². The summed E-state index contributed by atoms with van der Waals surface area (Å²) in [6.45, 7) is 8.21. The molecule has 22 heavy (non-hydrogen) atoms. The second-order valence-corrected chi connectivity index (χ2v) is 5.65. The lowest BCUT2D eigenvalue weighted by molar-refractivity contribution is 0.1000. The van der Waals surface area contributed by atoms with Crippen LogP contribution in [0.3, 0.4) is 0 Å². The number of nitrogens with zero attached hydrogens (tertiary/aromatic N) is 2. The van der Waals surface area contributed by atoms with Crippen LogP contribution in [0.15, 0.2) is 24.3 Å². The fourth-order valence-corrected chi connectivity index (χ4v) is 3.14. The predicted octanol–water partition coefficient (Wildman–Crippen LogP) is 3.58. The van der Waals surface area contributed by atoms with Crippen LogP contribution in [0.25, 0.3) is 11.1 Å². The molecule has 114 valence electrons. The molecule has 1 aromatic heterocycles. The highest BCUT2D eigenvalue weighted by Crippen LogP contribution is 2.35. The Bertz CT molecular complexity index is 746. The summed E-state index contributed by atoms with van der Waals surface area (Å²) in [6.07, 6.45) is 0.807. The van der Waals surface area contributed by atoms with Crippen molar-refractivity contribution in [3.05, 3.63) is 46.8 Å². The van der Waals surface area contributed by atoms with E-state index in [4.69, 9.17) is 11.0 Å². The van der Waals surface area contributed by atoms with Gasteiger partial charge in [-0.2, -0.15) is 5.26 Å². The second kappa shape index (κ2) is 6.07. The molecule has 1 heterocycles. The molecule has 4 heteroatoms. The molecular weight excluding hydrogens is 274 g/mol. The zero-order chi connectivity index (χ0) is 16.4. The number of nitriles is 1. The summed E-state index contributed by atoms with van der Waals surface area (Å²) in [7, 11) is 0. The van der Waals surface area contributed by atoms with Crippen LogP contribution in [0.2, 0.25) is 0 Å². The third kappa shape index (κ3) is 2.50. The normalized spacial score (nSPS) is 10.7. The molecule has 1 aromatic carbocycles. The third-order valence-corrected chi connectivity index (χ3v) is 3.95. The van der Waals surface area contributed by atoms with E-state index in [1.807, 2.05) is 19.1 Å². The number of primary amides is 1. The number of carbonyl (C=O) groups excluding carboxylic acids is 1. The summed E-state index contributed by atoms with van der Waals surface area (Å²) in [4.78, 5) is 12.0. The maximum absolute atomic E-state index is 12.0. The van der Waals surface area contributed by atoms with E-state index in [-0.39, 0.29) is 6.04 Å². The van der Waals surface area contributed by atoms with E-state index in [9.17, 15) is 4.79 Å². The summed E-state index contributed by atoms with van der Waals surface area (Å²) < 4.78 is 2.17. The Balaban J connectivity index is 2.80. The topological polar surface area (TPSA) is 71.8 Å². The highest BCUT2D eigenvalue weighted by atomic mass is 16.1. The van der Waals surface area contributed by atoms with Crippen LogP contribution in [0.5, 0.6) is 0 Å². The molecule has 0 saturated heterocycles. The average Bonchev–Trinajstić information content (AvgIpc) is 2.80. The van der Waals surface area contributed by atoms with Crippen LogP contribution in [0.4, 0.5) is 0 Å². The first-order chi connectivity index (χ1) is 10.4. The molecule has 4 nitrogen and oxygen atoms in total. The molecule has 0 aliphatic carbocycles. The van der Waals surface area contributed by atoms with Crippen LogP contribution in [0.1, 0.15) is 54.1 Å². The van der Waals surface area contributed by atoms with Gasteiger partial charge in [-0.3, -0.25) is 4.79 Å². The van der Waals surface area contributed by atoms with Gasteiger partial charge in [-0.1, -0.05) is 19.1 Å². The summed E-state index contributed by atoms with van der Waals surface area (Å²) in [5.74, 6) is -0.411. The highest BCUT2D eigenvalue weighted by molar-refractivity contribution is 6.02. The number of aromatic nitrogens is 1. The largest absolute Gasteiger partial charge is 0.366 e.